The van der Waals surface area contributed by atoms with Gasteiger partial charge in [0.1, 0.15) is 0 Å². The number of anilines is 3. The van der Waals surface area contributed by atoms with Crippen LogP contribution in [0.25, 0.3) is 16.9 Å². The minimum atomic E-state index is -0.888. The number of carbonyl (C=O) groups is 1. The summed E-state index contributed by atoms with van der Waals surface area (Å²) in [6.07, 6.45) is -1.68. The van der Waals surface area contributed by atoms with Gasteiger partial charge in [-0.1, -0.05) is 6.04 Å². The van der Waals surface area contributed by atoms with Crippen molar-refractivity contribution in [3.8, 4) is 16.9 Å². The van der Waals surface area contributed by atoms with Gasteiger partial charge in [-0.05, 0) is 91.9 Å². The lowest BCUT2D eigenvalue weighted by atomic mass is 10.1. The topological polar surface area (TPSA) is 84.7 Å². The Morgan fingerprint density at radius 1 is 1.03 bits per heavy atom. The van der Waals surface area contributed by atoms with Crippen molar-refractivity contribution in [2.24, 2.45) is 0 Å². The van der Waals surface area contributed by atoms with E-state index in [4.69, 9.17) is 15.1 Å². The lowest BCUT2D eigenvalue weighted by molar-refractivity contribution is 0.102. The van der Waals surface area contributed by atoms with Gasteiger partial charge >= 0.3 is 0 Å². The molecule has 7 nitrogen and oxygen atoms in total. The summed E-state index contributed by atoms with van der Waals surface area (Å²) in [5.41, 5.74) is 0.683. The highest BCUT2D eigenvalue weighted by atomic mass is 16.1. The van der Waals surface area contributed by atoms with Crippen molar-refractivity contribution in [3.05, 3.63) is 114 Å². The molecule has 1 amide bonds. The van der Waals surface area contributed by atoms with E-state index in [1.807, 2.05) is 0 Å². The molecule has 3 heterocycles. The smallest absolute Gasteiger partial charge is 0.255 e. The van der Waals surface area contributed by atoms with Gasteiger partial charge in [-0.3, -0.25) is 9.78 Å². The molecule has 5 aromatic rings. The molecule has 3 aromatic heterocycles. The number of benzene rings is 2. The van der Waals surface area contributed by atoms with E-state index >= 15 is 0 Å². The van der Waals surface area contributed by atoms with Crippen LogP contribution in [0.4, 0.5) is 17.3 Å². The van der Waals surface area contributed by atoms with Crippen LogP contribution in [0.5, 0.6) is 0 Å². The van der Waals surface area contributed by atoms with Crippen molar-refractivity contribution >= 4 is 23.2 Å². The van der Waals surface area contributed by atoms with E-state index in [1.54, 1.807) is 38.1 Å². The van der Waals surface area contributed by atoms with E-state index in [0.717, 1.165) is 0 Å². The number of nitrogens with zero attached hydrogens (tertiary/aromatic N) is 4. The zero-order chi connectivity index (χ0) is 34.6. The summed E-state index contributed by atoms with van der Waals surface area (Å²) in [6, 6.07) is 3.25. The molecule has 0 saturated carbocycles. The van der Waals surface area contributed by atoms with Crippen LogP contribution in [0.3, 0.4) is 0 Å². The number of aryl methyl sites for hydroxylation is 2. The molecule has 2 N–H and O–H groups in total. The molecule has 5 rings (SSSR count). The second-order valence-electron chi connectivity index (χ2n) is 7.88. The number of hydrogen-bond donors (Lipinski definition) is 2. The summed E-state index contributed by atoms with van der Waals surface area (Å²) < 4.78 is 92.2. The molecule has 0 aliphatic carbocycles. The summed E-state index contributed by atoms with van der Waals surface area (Å²) in [6.45, 7) is 4.90. The lowest BCUT2D eigenvalue weighted by Gasteiger charge is -2.13. The van der Waals surface area contributed by atoms with Gasteiger partial charge in [0.2, 0.25) is 5.95 Å². The van der Waals surface area contributed by atoms with Crippen LogP contribution in [0.2, 0.25) is 0 Å². The fourth-order valence-corrected chi connectivity index (χ4v) is 3.33. The molecule has 0 fully saturated rings. The first-order valence-electron chi connectivity index (χ1n) is 16.3. The molecule has 0 radical (unpaired) electrons. The number of carbonyl (C=O) groups excluding carboxylic acids is 1. The van der Waals surface area contributed by atoms with E-state index in [2.05, 4.69) is 25.6 Å². The fourth-order valence-electron chi connectivity index (χ4n) is 3.33. The molecule has 0 spiro atoms. The van der Waals surface area contributed by atoms with Gasteiger partial charge in [-0.2, -0.15) is 0 Å². The maximum absolute atomic E-state index is 13.6. The molecule has 2 aromatic carbocycles. The maximum Gasteiger partial charge on any atom is 0.255 e. The van der Waals surface area contributed by atoms with Crippen LogP contribution in [0, 0.1) is 20.8 Å². The number of nitrogens with one attached hydrogen (secondary N) is 2. The monoisotopic (exact) mass is 485 g/mol. The number of aromatic nitrogens is 4. The van der Waals surface area contributed by atoms with Crippen molar-refractivity contribution in [1.82, 2.24) is 19.5 Å². The number of hydrogen-bond acceptors (Lipinski definition) is 5. The molecule has 0 unspecified atom stereocenters. The van der Waals surface area contributed by atoms with Crippen LogP contribution in [0.1, 0.15) is 42.1 Å². The van der Waals surface area contributed by atoms with Crippen LogP contribution >= 0.6 is 0 Å². The molecule has 0 atom stereocenters. The highest BCUT2D eigenvalue weighted by Gasteiger charge is 2.12. The quantitative estimate of drug-likeness (QED) is 0.297. The third-order valence-corrected chi connectivity index (χ3v) is 5.00. The van der Waals surface area contributed by atoms with E-state index in [0.29, 0.717) is 16.8 Å². The first kappa shape index (κ1) is 13.3. The van der Waals surface area contributed by atoms with Gasteiger partial charge in [0, 0.05) is 59.1 Å². The summed E-state index contributed by atoms with van der Waals surface area (Å²) in [7, 11) is 0. The molecule has 178 valence electrons. The standard InChI is InChI=1S/C29H26N6O/c1-19-9-12-35(18-19)25-14-20(2)13-24(16-25)32-28(36)22-7-6-21(3)27(15-22)34-29-31-11-8-26(33-29)23-5-4-10-30-17-23/h4-18H,1-3H3,(H,32,36)(H,31,33,34)/i4D,5D,6D,7D,8D,10D,11D,12D,15D,17D,18D. The van der Waals surface area contributed by atoms with Gasteiger partial charge in [-0.15, -0.1) is 0 Å². The van der Waals surface area contributed by atoms with Crippen molar-refractivity contribution < 1.29 is 19.9 Å². The number of pyridine rings is 1. The Morgan fingerprint density at radius 3 is 2.75 bits per heavy atom. The third-order valence-electron chi connectivity index (χ3n) is 5.00. The van der Waals surface area contributed by atoms with Gasteiger partial charge in [0.05, 0.1) is 20.8 Å². The van der Waals surface area contributed by atoms with Crippen molar-refractivity contribution in [2.75, 3.05) is 10.6 Å². The van der Waals surface area contributed by atoms with E-state index in [9.17, 15) is 4.79 Å². The number of amides is 1. The lowest BCUT2D eigenvalue weighted by Crippen LogP contribution is -2.13. The summed E-state index contributed by atoms with van der Waals surface area (Å²) in [4.78, 5) is 25.2. The largest absolute Gasteiger partial charge is 0.324 e. The summed E-state index contributed by atoms with van der Waals surface area (Å²) >= 11 is 0. The highest BCUT2D eigenvalue weighted by Crippen LogP contribution is 2.24. The van der Waals surface area contributed by atoms with Gasteiger partial charge in [0.15, 0.2) is 0 Å². The molecule has 36 heavy (non-hydrogen) atoms. The Kier molecular flexibility index (Phi) is 3.65. The molecule has 0 bridgehead atoms. The average Bonchev–Trinajstić information content (AvgIpc) is 3.25. The Morgan fingerprint density at radius 2 is 1.92 bits per heavy atom. The van der Waals surface area contributed by atoms with Crippen LogP contribution in [0.15, 0.2) is 91.4 Å². The maximum atomic E-state index is 13.6. The zero-order valence-corrected chi connectivity index (χ0v) is 19.5. The molecule has 0 saturated heterocycles. The van der Waals surface area contributed by atoms with E-state index < -0.39 is 71.9 Å². The molecular weight excluding hydrogens is 448 g/mol. The predicted molar refractivity (Wildman–Crippen MR) is 143 cm³/mol. The first-order valence-corrected chi connectivity index (χ1v) is 10.8. The van der Waals surface area contributed by atoms with Crippen molar-refractivity contribution in [1.29, 1.82) is 0 Å². The van der Waals surface area contributed by atoms with Crippen LogP contribution in [-0.2, 0) is 0 Å². The minimum absolute atomic E-state index is 0.0750. The summed E-state index contributed by atoms with van der Waals surface area (Å²) in [5, 5.41) is 5.35. The predicted octanol–water partition coefficient (Wildman–Crippen LogP) is 6.25. The van der Waals surface area contributed by atoms with Crippen molar-refractivity contribution in [3.63, 3.8) is 0 Å². The van der Waals surface area contributed by atoms with E-state index in [1.165, 1.54) is 11.5 Å². The molecule has 7 heteroatoms. The van der Waals surface area contributed by atoms with E-state index in [-0.39, 0.29) is 40.8 Å². The SMILES string of the molecule is [2H]c1nc(Nc2c([2H])c(C(=O)Nc3cc(C)cc(-n4c([2H])cc(C)c4[2H])c3)c([2H])c([2H])c2C)nc(-c2c([2H])nc([2H])c([2H])c2[2H])c1[2H]. The second kappa shape index (κ2) is 9.84. The molecule has 0 aliphatic rings. The molecular formula is C29H26N6O. The number of rotatable bonds is 6. The Bertz CT molecular complexity index is 2130. The molecule has 0 aliphatic heterocycles. The van der Waals surface area contributed by atoms with Crippen LogP contribution < -0.4 is 10.6 Å². The third kappa shape index (κ3) is 5.15. The average molecular weight is 486 g/mol. The van der Waals surface area contributed by atoms with Gasteiger partial charge < -0.3 is 15.2 Å². The second-order valence-corrected chi connectivity index (χ2v) is 7.88. The highest BCUT2D eigenvalue weighted by molar-refractivity contribution is 6.05. The fraction of sp³-hybridized carbons (Fsp3) is 0.103. The Hall–Kier alpha value is -4.78. The normalized spacial score (nSPS) is 15.0. The van der Waals surface area contributed by atoms with Crippen molar-refractivity contribution in [2.45, 2.75) is 20.8 Å². The zero-order valence-electron chi connectivity index (χ0n) is 30.5. The minimum Gasteiger partial charge on any atom is -0.324 e. The first-order chi connectivity index (χ1) is 22.0. The van der Waals surface area contributed by atoms with Gasteiger partial charge in [0.25, 0.3) is 5.91 Å². The Labute approximate surface area is 225 Å². The van der Waals surface area contributed by atoms with Gasteiger partial charge in [-0.25, -0.2) is 9.97 Å². The van der Waals surface area contributed by atoms with Crippen LogP contribution in [-0.4, -0.2) is 25.4 Å². The Balaban J connectivity index is 1.56. The summed E-state index contributed by atoms with van der Waals surface area (Å²) in [5.74, 6) is -1.27.